The lowest BCUT2D eigenvalue weighted by Gasteiger charge is -2.34. The number of likely N-dealkylation sites (tertiary alicyclic amines) is 1. The molecule has 2 rings (SSSR count). The Morgan fingerprint density at radius 3 is 2.79 bits per heavy atom. The molecule has 8 heteroatoms. The molecule has 1 aliphatic rings. The van der Waals surface area contributed by atoms with Crippen molar-refractivity contribution in [2.75, 3.05) is 54.0 Å². The molecule has 1 fully saturated rings. The average molecular weight is 518 g/mol. The normalized spacial score (nSPS) is 16.9. The standard InChI is InChI=1S/C21H34N4O3.HI/c1-5-27-20(26)18-10-8-12-25(16-18)21(22-2)23-15-17-9-6-7-11-19(17)28-14-13-24(3)4;/h6-7,9,11,18H,5,8,10,12-16H2,1-4H3,(H,22,23);1H. The van der Waals surface area contributed by atoms with E-state index in [0.717, 1.165) is 43.2 Å². The highest BCUT2D eigenvalue weighted by Gasteiger charge is 2.28. The molecule has 0 spiro atoms. The van der Waals surface area contributed by atoms with E-state index in [0.29, 0.717) is 26.3 Å². The van der Waals surface area contributed by atoms with Gasteiger partial charge in [-0.15, -0.1) is 24.0 Å². The summed E-state index contributed by atoms with van der Waals surface area (Å²) in [6.45, 7) is 5.92. The molecule has 1 aliphatic heterocycles. The van der Waals surface area contributed by atoms with Crippen molar-refractivity contribution in [3.63, 3.8) is 0 Å². The van der Waals surface area contributed by atoms with Gasteiger partial charge in [-0.25, -0.2) is 0 Å². The second-order valence-electron chi connectivity index (χ2n) is 7.20. The minimum atomic E-state index is -0.109. The Morgan fingerprint density at radius 2 is 2.10 bits per heavy atom. The van der Waals surface area contributed by atoms with Crippen LogP contribution in [0.15, 0.2) is 29.3 Å². The zero-order valence-electron chi connectivity index (χ0n) is 18.0. The number of benzene rings is 1. The molecule has 1 aromatic carbocycles. The van der Waals surface area contributed by atoms with Gasteiger partial charge in [0.05, 0.1) is 12.5 Å². The third kappa shape index (κ3) is 8.38. The predicted molar refractivity (Wildman–Crippen MR) is 127 cm³/mol. The van der Waals surface area contributed by atoms with E-state index < -0.39 is 0 Å². The van der Waals surface area contributed by atoms with Gasteiger partial charge in [-0.2, -0.15) is 0 Å². The summed E-state index contributed by atoms with van der Waals surface area (Å²) in [4.78, 5) is 20.7. The topological polar surface area (TPSA) is 66.4 Å². The van der Waals surface area contributed by atoms with E-state index in [1.807, 2.05) is 39.2 Å². The van der Waals surface area contributed by atoms with Gasteiger partial charge in [0, 0.05) is 38.8 Å². The smallest absolute Gasteiger partial charge is 0.310 e. The molecule has 1 atom stereocenters. The first-order valence-electron chi connectivity index (χ1n) is 10.0. The number of nitrogens with zero attached hydrogens (tertiary/aromatic N) is 3. The summed E-state index contributed by atoms with van der Waals surface area (Å²) < 4.78 is 11.1. The molecule has 0 aliphatic carbocycles. The Labute approximate surface area is 191 Å². The van der Waals surface area contributed by atoms with E-state index in [1.54, 1.807) is 7.05 Å². The first kappa shape index (κ1) is 25.5. The molecule has 7 nitrogen and oxygen atoms in total. The highest BCUT2D eigenvalue weighted by atomic mass is 127. The maximum atomic E-state index is 12.1. The quantitative estimate of drug-likeness (QED) is 0.247. The molecule has 1 saturated heterocycles. The van der Waals surface area contributed by atoms with Crippen LogP contribution in [0.4, 0.5) is 0 Å². The largest absolute Gasteiger partial charge is 0.492 e. The van der Waals surface area contributed by atoms with Gasteiger partial charge in [-0.05, 0) is 39.9 Å². The van der Waals surface area contributed by atoms with Crippen LogP contribution in [0.25, 0.3) is 0 Å². The zero-order valence-corrected chi connectivity index (χ0v) is 20.3. The number of aliphatic imine (C=N–C) groups is 1. The number of piperidine rings is 1. The number of nitrogens with one attached hydrogen (secondary N) is 1. The molecule has 0 saturated carbocycles. The number of carbonyl (C=O) groups excluding carboxylic acids is 1. The molecular weight excluding hydrogens is 483 g/mol. The molecule has 0 bridgehead atoms. The van der Waals surface area contributed by atoms with E-state index in [1.165, 1.54) is 0 Å². The summed E-state index contributed by atoms with van der Waals surface area (Å²) in [7, 11) is 5.84. The molecule has 1 unspecified atom stereocenters. The number of hydrogen-bond acceptors (Lipinski definition) is 5. The number of hydrogen-bond donors (Lipinski definition) is 1. The predicted octanol–water partition coefficient (Wildman–Crippen LogP) is 2.60. The summed E-state index contributed by atoms with van der Waals surface area (Å²) >= 11 is 0. The van der Waals surface area contributed by atoms with Crippen molar-refractivity contribution in [2.24, 2.45) is 10.9 Å². The maximum Gasteiger partial charge on any atom is 0.310 e. The molecule has 0 amide bonds. The van der Waals surface area contributed by atoms with Crippen molar-refractivity contribution >= 4 is 35.9 Å². The third-order valence-corrected chi connectivity index (χ3v) is 4.76. The number of ether oxygens (including phenoxy) is 2. The lowest BCUT2D eigenvalue weighted by Crippen LogP contribution is -2.48. The van der Waals surface area contributed by atoms with Crippen LogP contribution >= 0.6 is 24.0 Å². The SMILES string of the molecule is CCOC(=O)C1CCCN(C(=NC)NCc2ccccc2OCCN(C)C)C1.I. The number of guanidine groups is 1. The van der Waals surface area contributed by atoms with Gasteiger partial charge >= 0.3 is 5.97 Å². The van der Waals surface area contributed by atoms with Crippen LogP contribution in [0.1, 0.15) is 25.3 Å². The van der Waals surface area contributed by atoms with Crippen LogP contribution in [0.3, 0.4) is 0 Å². The Morgan fingerprint density at radius 1 is 1.34 bits per heavy atom. The second kappa shape index (κ2) is 13.6. The fraction of sp³-hybridized carbons (Fsp3) is 0.619. The monoisotopic (exact) mass is 518 g/mol. The maximum absolute atomic E-state index is 12.1. The molecule has 1 aromatic rings. The van der Waals surface area contributed by atoms with Crippen molar-refractivity contribution in [2.45, 2.75) is 26.3 Å². The van der Waals surface area contributed by atoms with Crippen LogP contribution < -0.4 is 10.1 Å². The van der Waals surface area contributed by atoms with Crippen LogP contribution in [0, 0.1) is 5.92 Å². The first-order chi connectivity index (χ1) is 13.5. The minimum Gasteiger partial charge on any atom is -0.492 e. The van der Waals surface area contributed by atoms with Gasteiger partial charge in [-0.3, -0.25) is 9.79 Å². The number of halogens is 1. The Balaban J connectivity index is 0.00000420. The second-order valence-corrected chi connectivity index (χ2v) is 7.20. The van der Waals surface area contributed by atoms with Gasteiger partial charge in [0.2, 0.25) is 0 Å². The summed E-state index contributed by atoms with van der Waals surface area (Å²) in [5, 5.41) is 3.42. The van der Waals surface area contributed by atoms with Gasteiger partial charge in [0.1, 0.15) is 12.4 Å². The van der Waals surface area contributed by atoms with E-state index in [4.69, 9.17) is 9.47 Å². The highest BCUT2D eigenvalue weighted by Crippen LogP contribution is 2.20. The van der Waals surface area contributed by atoms with E-state index in [-0.39, 0.29) is 35.9 Å². The highest BCUT2D eigenvalue weighted by molar-refractivity contribution is 14.0. The van der Waals surface area contributed by atoms with E-state index >= 15 is 0 Å². The molecule has 164 valence electrons. The van der Waals surface area contributed by atoms with Crippen LogP contribution in [-0.2, 0) is 16.1 Å². The fourth-order valence-electron chi connectivity index (χ4n) is 3.26. The van der Waals surface area contributed by atoms with Crippen LogP contribution in [-0.4, -0.2) is 75.7 Å². The van der Waals surface area contributed by atoms with Gasteiger partial charge < -0.3 is 24.6 Å². The first-order valence-corrected chi connectivity index (χ1v) is 10.0. The van der Waals surface area contributed by atoms with Gasteiger partial charge in [0.25, 0.3) is 0 Å². The number of esters is 1. The molecule has 29 heavy (non-hydrogen) atoms. The number of carbonyl (C=O) groups is 1. The van der Waals surface area contributed by atoms with Crippen LogP contribution in [0.5, 0.6) is 5.75 Å². The zero-order chi connectivity index (χ0) is 20.4. The van der Waals surface area contributed by atoms with Crippen molar-refractivity contribution < 1.29 is 14.3 Å². The van der Waals surface area contributed by atoms with Gasteiger partial charge in [0.15, 0.2) is 5.96 Å². The number of likely N-dealkylation sites (N-methyl/N-ethyl adjacent to an activating group) is 1. The summed E-state index contributed by atoms with van der Waals surface area (Å²) in [6.07, 6.45) is 1.82. The lowest BCUT2D eigenvalue weighted by molar-refractivity contribution is -0.149. The van der Waals surface area contributed by atoms with E-state index in [9.17, 15) is 4.79 Å². The van der Waals surface area contributed by atoms with Crippen molar-refractivity contribution in [3.05, 3.63) is 29.8 Å². The van der Waals surface area contributed by atoms with Gasteiger partial charge in [-0.1, -0.05) is 18.2 Å². The number of rotatable bonds is 8. The van der Waals surface area contributed by atoms with Crippen molar-refractivity contribution in [1.29, 1.82) is 0 Å². The number of para-hydroxylation sites is 1. The molecular formula is C21H35IN4O3. The molecule has 0 aromatic heterocycles. The molecule has 1 heterocycles. The molecule has 1 N–H and O–H groups in total. The lowest BCUT2D eigenvalue weighted by atomic mass is 9.98. The summed E-state index contributed by atoms with van der Waals surface area (Å²) in [5.41, 5.74) is 1.08. The third-order valence-electron chi connectivity index (χ3n) is 4.76. The Hall–Kier alpha value is -1.55. The summed E-state index contributed by atoms with van der Waals surface area (Å²) in [6, 6.07) is 8.05. The Bertz CT molecular complexity index is 655. The molecule has 0 radical (unpaired) electrons. The van der Waals surface area contributed by atoms with E-state index in [2.05, 4.69) is 26.2 Å². The van der Waals surface area contributed by atoms with Crippen molar-refractivity contribution in [1.82, 2.24) is 15.1 Å². The minimum absolute atomic E-state index is 0. The fourth-order valence-corrected chi connectivity index (χ4v) is 3.26. The van der Waals surface area contributed by atoms with Crippen molar-refractivity contribution in [3.8, 4) is 5.75 Å². The Kier molecular flexibility index (Phi) is 12.0. The summed E-state index contributed by atoms with van der Waals surface area (Å²) in [5.74, 6) is 1.49. The average Bonchev–Trinajstić information content (AvgIpc) is 2.69. The van der Waals surface area contributed by atoms with Crippen LogP contribution in [0.2, 0.25) is 0 Å².